The monoisotopic (exact) mass is 332 g/mol. The van der Waals surface area contributed by atoms with Crippen LogP contribution >= 0.6 is 23.4 Å². The van der Waals surface area contributed by atoms with E-state index in [1.54, 1.807) is 12.1 Å². The lowest BCUT2D eigenvalue weighted by Crippen LogP contribution is -2.06. The standard InChI is InChI=1S/C14H12ClF3N2S/c1-19-7-9-2-4-11(15)6-12(9)21-13-5-3-10(8-20-13)14(16,17)18/h2-6,8,19H,7H2,1H3. The Morgan fingerprint density at radius 3 is 2.57 bits per heavy atom. The van der Waals surface area contributed by atoms with Crippen LogP contribution in [0.25, 0.3) is 0 Å². The van der Waals surface area contributed by atoms with E-state index in [0.29, 0.717) is 16.6 Å². The highest BCUT2D eigenvalue weighted by Crippen LogP contribution is 2.33. The highest BCUT2D eigenvalue weighted by atomic mass is 35.5. The van der Waals surface area contributed by atoms with Crippen LogP contribution in [0.15, 0.2) is 46.5 Å². The van der Waals surface area contributed by atoms with E-state index >= 15 is 0 Å². The lowest BCUT2D eigenvalue weighted by molar-refractivity contribution is -0.137. The number of nitrogens with one attached hydrogen (secondary N) is 1. The largest absolute Gasteiger partial charge is 0.417 e. The maximum absolute atomic E-state index is 12.5. The second-order valence-electron chi connectivity index (χ2n) is 4.27. The molecule has 0 unspecified atom stereocenters. The Hall–Kier alpha value is -1.24. The van der Waals surface area contributed by atoms with Crippen LogP contribution in [0.1, 0.15) is 11.1 Å². The minimum absolute atomic E-state index is 0.489. The Bertz CT molecular complexity index is 615. The van der Waals surface area contributed by atoms with E-state index in [1.165, 1.54) is 17.8 Å². The van der Waals surface area contributed by atoms with Gasteiger partial charge in [-0.2, -0.15) is 13.2 Å². The van der Waals surface area contributed by atoms with Crippen molar-refractivity contribution in [2.24, 2.45) is 0 Å². The first-order valence-corrected chi connectivity index (χ1v) is 7.23. The maximum Gasteiger partial charge on any atom is 0.417 e. The van der Waals surface area contributed by atoms with Crippen molar-refractivity contribution in [1.29, 1.82) is 0 Å². The molecule has 0 spiro atoms. The zero-order valence-corrected chi connectivity index (χ0v) is 12.6. The molecule has 0 radical (unpaired) electrons. The van der Waals surface area contributed by atoms with Crippen LogP contribution in [0.4, 0.5) is 13.2 Å². The van der Waals surface area contributed by atoms with Crippen molar-refractivity contribution in [3.63, 3.8) is 0 Å². The second-order valence-corrected chi connectivity index (χ2v) is 5.77. The summed E-state index contributed by atoms with van der Waals surface area (Å²) in [6.45, 7) is 0.639. The molecule has 0 aliphatic rings. The summed E-state index contributed by atoms with van der Waals surface area (Å²) in [5, 5.41) is 4.09. The van der Waals surface area contributed by atoms with Crippen LogP contribution < -0.4 is 5.32 Å². The van der Waals surface area contributed by atoms with Gasteiger partial charge in [0.25, 0.3) is 0 Å². The molecule has 0 bridgehead atoms. The molecule has 2 nitrogen and oxygen atoms in total. The molecule has 0 atom stereocenters. The third kappa shape index (κ3) is 4.36. The van der Waals surface area contributed by atoms with Gasteiger partial charge < -0.3 is 5.32 Å². The predicted octanol–water partition coefficient (Wildman–Crippen LogP) is 4.62. The summed E-state index contributed by atoms with van der Waals surface area (Å²) in [4.78, 5) is 4.72. The van der Waals surface area contributed by atoms with Gasteiger partial charge in [-0.25, -0.2) is 4.98 Å². The highest BCUT2D eigenvalue weighted by molar-refractivity contribution is 7.99. The number of nitrogens with zero attached hydrogens (tertiary/aromatic N) is 1. The number of hydrogen-bond acceptors (Lipinski definition) is 3. The van der Waals surface area contributed by atoms with Crippen molar-refractivity contribution in [1.82, 2.24) is 10.3 Å². The molecule has 2 aromatic rings. The minimum atomic E-state index is -4.37. The first kappa shape index (κ1) is 16.1. The van der Waals surface area contributed by atoms with Crippen molar-refractivity contribution in [3.05, 3.63) is 52.7 Å². The van der Waals surface area contributed by atoms with Gasteiger partial charge in [-0.1, -0.05) is 29.4 Å². The normalized spacial score (nSPS) is 11.7. The van der Waals surface area contributed by atoms with E-state index in [4.69, 9.17) is 11.6 Å². The molecule has 21 heavy (non-hydrogen) atoms. The quantitative estimate of drug-likeness (QED) is 0.884. The molecule has 112 valence electrons. The summed E-state index contributed by atoms with van der Waals surface area (Å²) in [5.74, 6) is 0. The van der Waals surface area contributed by atoms with Gasteiger partial charge in [0.1, 0.15) is 5.03 Å². The molecule has 0 fully saturated rings. The van der Waals surface area contributed by atoms with Crippen LogP contribution in [0.2, 0.25) is 5.02 Å². The molecule has 1 aromatic heterocycles. The molecule has 2 rings (SSSR count). The van der Waals surface area contributed by atoms with E-state index in [2.05, 4.69) is 10.3 Å². The molecule has 0 saturated heterocycles. The predicted molar refractivity (Wildman–Crippen MR) is 77.6 cm³/mol. The van der Waals surface area contributed by atoms with Gasteiger partial charge in [0.15, 0.2) is 0 Å². The van der Waals surface area contributed by atoms with Gasteiger partial charge in [-0.15, -0.1) is 0 Å². The second kappa shape index (κ2) is 6.68. The SMILES string of the molecule is CNCc1ccc(Cl)cc1Sc1ccc(C(F)(F)F)cn1. The molecule has 0 saturated carbocycles. The fourth-order valence-corrected chi connectivity index (χ4v) is 2.84. The summed E-state index contributed by atoms with van der Waals surface area (Å²) in [7, 11) is 1.82. The van der Waals surface area contributed by atoms with Crippen LogP contribution in [-0.4, -0.2) is 12.0 Å². The lowest BCUT2D eigenvalue weighted by Gasteiger charge is -2.10. The number of rotatable bonds is 4. The fraction of sp³-hybridized carbons (Fsp3) is 0.214. The molecule has 7 heteroatoms. The molecule has 1 N–H and O–H groups in total. The minimum Gasteiger partial charge on any atom is -0.316 e. The Balaban J connectivity index is 2.23. The maximum atomic E-state index is 12.5. The van der Waals surface area contributed by atoms with E-state index in [0.717, 1.165) is 22.7 Å². The molecule has 0 aliphatic heterocycles. The van der Waals surface area contributed by atoms with E-state index < -0.39 is 11.7 Å². The fourth-order valence-electron chi connectivity index (χ4n) is 1.68. The van der Waals surface area contributed by atoms with Crippen molar-refractivity contribution < 1.29 is 13.2 Å². The van der Waals surface area contributed by atoms with Gasteiger partial charge in [0, 0.05) is 22.7 Å². The third-order valence-corrected chi connectivity index (χ3v) is 3.96. The summed E-state index contributed by atoms with van der Waals surface area (Å²) in [6, 6.07) is 7.82. The first-order chi connectivity index (χ1) is 9.90. The van der Waals surface area contributed by atoms with Crippen LogP contribution in [0.3, 0.4) is 0 Å². The topological polar surface area (TPSA) is 24.9 Å². The van der Waals surface area contributed by atoms with Crippen LogP contribution in [0, 0.1) is 0 Å². The van der Waals surface area contributed by atoms with Crippen molar-refractivity contribution in [2.45, 2.75) is 22.6 Å². The average Bonchev–Trinajstić information content (AvgIpc) is 2.42. The van der Waals surface area contributed by atoms with E-state index in [1.807, 2.05) is 13.1 Å². The number of pyridine rings is 1. The number of alkyl halides is 3. The van der Waals surface area contributed by atoms with Crippen molar-refractivity contribution in [2.75, 3.05) is 7.05 Å². The van der Waals surface area contributed by atoms with Crippen molar-refractivity contribution in [3.8, 4) is 0 Å². The zero-order chi connectivity index (χ0) is 15.5. The van der Waals surface area contributed by atoms with Crippen LogP contribution in [0.5, 0.6) is 0 Å². The molecule has 0 aliphatic carbocycles. The van der Waals surface area contributed by atoms with Gasteiger partial charge in [-0.05, 0) is 36.9 Å². The average molecular weight is 333 g/mol. The summed E-state index contributed by atoms with van der Waals surface area (Å²) < 4.78 is 37.5. The van der Waals surface area contributed by atoms with Crippen LogP contribution in [-0.2, 0) is 12.7 Å². The van der Waals surface area contributed by atoms with Gasteiger partial charge in [-0.3, -0.25) is 0 Å². The number of halogens is 4. The van der Waals surface area contributed by atoms with Gasteiger partial charge in [0.05, 0.1) is 5.56 Å². The van der Waals surface area contributed by atoms with Crippen molar-refractivity contribution >= 4 is 23.4 Å². The molecule has 1 heterocycles. The Morgan fingerprint density at radius 1 is 1.24 bits per heavy atom. The molecular weight excluding hydrogens is 321 g/mol. The number of hydrogen-bond donors (Lipinski definition) is 1. The molecular formula is C14H12ClF3N2S. The molecule has 1 aromatic carbocycles. The highest BCUT2D eigenvalue weighted by Gasteiger charge is 2.30. The Morgan fingerprint density at radius 2 is 2.00 bits per heavy atom. The summed E-state index contributed by atoms with van der Waals surface area (Å²) >= 11 is 7.25. The van der Waals surface area contributed by atoms with E-state index in [-0.39, 0.29) is 0 Å². The van der Waals surface area contributed by atoms with Gasteiger partial charge >= 0.3 is 6.18 Å². The Kier molecular flexibility index (Phi) is 5.13. The van der Waals surface area contributed by atoms with E-state index in [9.17, 15) is 13.2 Å². The number of aromatic nitrogens is 1. The smallest absolute Gasteiger partial charge is 0.316 e. The zero-order valence-electron chi connectivity index (χ0n) is 11.0. The Labute approximate surface area is 129 Å². The lowest BCUT2D eigenvalue weighted by atomic mass is 10.2. The third-order valence-electron chi connectivity index (χ3n) is 2.67. The number of benzene rings is 1. The van der Waals surface area contributed by atoms with Gasteiger partial charge in [0.2, 0.25) is 0 Å². The molecule has 0 amide bonds. The summed E-state index contributed by atoms with van der Waals surface area (Å²) in [6.07, 6.45) is -3.53. The first-order valence-electron chi connectivity index (χ1n) is 6.04. The summed E-state index contributed by atoms with van der Waals surface area (Å²) in [5.41, 5.74) is 0.252.